The second kappa shape index (κ2) is 9.29. The number of H-pyrrole nitrogens is 1. The Morgan fingerprint density at radius 3 is 2.15 bits per heavy atom. The fraction of sp³-hybridized carbons (Fsp3) is 0.269. The van der Waals surface area contributed by atoms with E-state index in [-0.39, 0.29) is 6.04 Å². The molecule has 0 amide bonds. The highest BCUT2D eigenvalue weighted by Crippen LogP contribution is 2.38. The van der Waals surface area contributed by atoms with Crippen LogP contribution in [0.1, 0.15) is 36.8 Å². The highest BCUT2D eigenvalue weighted by atomic mass is 19.4. The number of nitrogens with one attached hydrogen (secondary N) is 1. The summed E-state index contributed by atoms with van der Waals surface area (Å²) in [6, 6.07) is 16.9. The van der Waals surface area contributed by atoms with E-state index in [4.69, 9.17) is 9.47 Å². The number of nitrogens with zero attached hydrogens (tertiary/aromatic N) is 2. The van der Waals surface area contributed by atoms with Crippen LogP contribution in [-0.4, -0.2) is 28.8 Å². The van der Waals surface area contributed by atoms with E-state index in [2.05, 4.69) is 9.97 Å². The van der Waals surface area contributed by atoms with Crippen molar-refractivity contribution >= 4 is 0 Å². The summed E-state index contributed by atoms with van der Waals surface area (Å²) in [5, 5.41) is 0. The Morgan fingerprint density at radius 1 is 0.941 bits per heavy atom. The molecule has 0 radical (unpaired) electrons. The number of ether oxygens (including phenoxy) is 2. The lowest BCUT2D eigenvalue weighted by atomic mass is 10.1. The van der Waals surface area contributed by atoms with Crippen molar-refractivity contribution < 1.29 is 22.6 Å². The highest BCUT2D eigenvalue weighted by molar-refractivity contribution is 5.74. The summed E-state index contributed by atoms with van der Waals surface area (Å²) in [6.45, 7) is 3.67. The van der Waals surface area contributed by atoms with Gasteiger partial charge in [0.05, 0.1) is 25.5 Å². The highest BCUT2D eigenvalue weighted by Gasteiger charge is 2.35. The van der Waals surface area contributed by atoms with E-state index in [1.54, 1.807) is 18.8 Å². The van der Waals surface area contributed by atoms with Gasteiger partial charge in [-0.05, 0) is 43.7 Å². The molecule has 2 aromatic heterocycles. The molecule has 1 N–H and O–H groups in total. The Labute approximate surface area is 196 Å². The van der Waals surface area contributed by atoms with E-state index < -0.39 is 11.9 Å². The SMILES string of the molecule is COc1cccc(OC)c1-c1ccc(Cc2ccc(-c3nc(C(F)(F)F)cn3C(C)C)cc2)[nH]1. The van der Waals surface area contributed by atoms with Crippen LogP contribution in [0.2, 0.25) is 0 Å². The van der Waals surface area contributed by atoms with Gasteiger partial charge in [0.2, 0.25) is 0 Å². The Hall–Kier alpha value is -3.68. The number of alkyl halides is 3. The van der Waals surface area contributed by atoms with Crippen molar-refractivity contribution in [3.05, 3.63) is 77.7 Å². The molecule has 5 nitrogen and oxygen atoms in total. The third-order valence-electron chi connectivity index (χ3n) is 5.63. The number of benzene rings is 2. The van der Waals surface area contributed by atoms with Crippen LogP contribution in [0.3, 0.4) is 0 Å². The molecule has 8 heteroatoms. The summed E-state index contributed by atoms with van der Waals surface area (Å²) in [4.78, 5) is 7.28. The second-order valence-electron chi connectivity index (χ2n) is 8.26. The summed E-state index contributed by atoms with van der Waals surface area (Å²) < 4.78 is 52.1. The maximum atomic E-state index is 13.2. The maximum absolute atomic E-state index is 13.2. The number of methoxy groups -OCH3 is 2. The largest absolute Gasteiger partial charge is 0.496 e. The van der Waals surface area contributed by atoms with Crippen molar-refractivity contribution in [3.63, 3.8) is 0 Å². The zero-order chi connectivity index (χ0) is 24.5. The van der Waals surface area contributed by atoms with Crippen molar-refractivity contribution in [1.29, 1.82) is 0 Å². The van der Waals surface area contributed by atoms with E-state index in [0.29, 0.717) is 29.3 Å². The number of hydrogen-bond acceptors (Lipinski definition) is 3. The normalized spacial score (nSPS) is 11.8. The zero-order valence-electron chi connectivity index (χ0n) is 19.4. The first-order valence-corrected chi connectivity index (χ1v) is 10.9. The van der Waals surface area contributed by atoms with Gasteiger partial charge >= 0.3 is 6.18 Å². The number of aromatic amines is 1. The van der Waals surface area contributed by atoms with Crippen LogP contribution in [0.15, 0.2) is 60.8 Å². The molecule has 2 heterocycles. The van der Waals surface area contributed by atoms with Gasteiger partial charge in [-0.2, -0.15) is 13.2 Å². The monoisotopic (exact) mass is 469 g/mol. The Bertz CT molecular complexity index is 1250. The van der Waals surface area contributed by atoms with Gasteiger partial charge in [0, 0.05) is 29.9 Å². The molecule has 0 atom stereocenters. The fourth-order valence-electron chi connectivity index (χ4n) is 3.93. The van der Waals surface area contributed by atoms with E-state index in [9.17, 15) is 13.2 Å². The van der Waals surface area contributed by atoms with Gasteiger partial charge in [0.15, 0.2) is 5.69 Å². The molecule has 0 aliphatic heterocycles. The molecular weight excluding hydrogens is 443 g/mol. The number of aromatic nitrogens is 3. The van der Waals surface area contributed by atoms with Crippen LogP contribution in [0.4, 0.5) is 13.2 Å². The molecular formula is C26H26F3N3O2. The number of halogens is 3. The first-order chi connectivity index (χ1) is 16.2. The topological polar surface area (TPSA) is 52.1 Å². The van der Waals surface area contributed by atoms with E-state index in [0.717, 1.165) is 28.7 Å². The predicted octanol–water partition coefficient (Wildman–Crippen LogP) is 6.75. The quantitative estimate of drug-likeness (QED) is 0.326. The van der Waals surface area contributed by atoms with E-state index in [1.807, 2.05) is 68.4 Å². The third-order valence-corrected chi connectivity index (χ3v) is 5.63. The van der Waals surface area contributed by atoms with Gasteiger partial charge in [0.25, 0.3) is 0 Å². The maximum Gasteiger partial charge on any atom is 0.434 e. The van der Waals surface area contributed by atoms with Crippen molar-refractivity contribution in [1.82, 2.24) is 14.5 Å². The molecule has 178 valence electrons. The Balaban J connectivity index is 1.58. The van der Waals surface area contributed by atoms with Crippen molar-refractivity contribution in [2.75, 3.05) is 14.2 Å². The van der Waals surface area contributed by atoms with Crippen LogP contribution in [0.5, 0.6) is 11.5 Å². The van der Waals surface area contributed by atoms with Crippen LogP contribution in [0.25, 0.3) is 22.6 Å². The van der Waals surface area contributed by atoms with Crippen LogP contribution in [0, 0.1) is 0 Å². The molecule has 34 heavy (non-hydrogen) atoms. The molecule has 0 saturated heterocycles. The molecule has 0 fully saturated rings. The molecule has 0 spiro atoms. The van der Waals surface area contributed by atoms with Crippen LogP contribution in [-0.2, 0) is 12.6 Å². The number of rotatable bonds is 7. The molecule has 0 unspecified atom stereocenters. The van der Waals surface area contributed by atoms with E-state index in [1.165, 1.54) is 0 Å². The lowest BCUT2D eigenvalue weighted by molar-refractivity contribution is -0.140. The minimum absolute atomic E-state index is 0.150. The first-order valence-electron chi connectivity index (χ1n) is 10.9. The second-order valence-corrected chi connectivity index (χ2v) is 8.26. The van der Waals surface area contributed by atoms with Crippen LogP contribution >= 0.6 is 0 Å². The molecule has 0 aliphatic carbocycles. The zero-order valence-corrected chi connectivity index (χ0v) is 19.4. The summed E-state index contributed by atoms with van der Waals surface area (Å²) in [6.07, 6.45) is -2.78. The molecule has 2 aromatic carbocycles. The fourth-order valence-corrected chi connectivity index (χ4v) is 3.93. The molecule has 4 aromatic rings. The first kappa shape index (κ1) is 23.5. The van der Waals surface area contributed by atoms with E-state index >= 15 is 0 Å². The molecule has 4 rings (SSSR count). The predicted molar refractivity (Wildman–Crippen MR) is 125 cm³/mol. The van der Waals surface area contributed by atoms with Gasteiger partial charge in [-0.1, -0.05) is 30.3 Å². The van der Waals surface area contributed by atoms with Gasteiger partial charge in [-0.15, -0.1) is 0 Å². The Morgan fingerprint density at radius 2 is 1.59 bits per heavy atom. The lowest BCUT2D eigenvalue weighted by Gasteiger charge is -2.12. The van der Waals surface area contributed by atoms with Gasteiger partial charge in [-0.25, -0.2) is 4.98 Å². The average Bonchev–Trinajstić information content (AvgIpc) is 3.46. The van der Waals surface area contributed by atoms with Crippen molar-refractivity contribution in [2.45, 2.75) is 32.5 Å². The third kappa shape index (κ3) is 4.66. The minimum atomic E-state index is -4.48. The standard InChI is InChI=1S/C26H26F3N3O2/c1-16(2)32-15-23(26(27,28)29)31-25(32)18-10-8-17(9-11-18)14-19-12-13-20(30-19)24-21(33-3)6-5-7-22(24)34-4/h5-13,15-16,30H,14H2,1-4H3. The minimum Gasteiger partial charge on any atom is -0.496 e. The molecule has 0 bridgehead atoms. The van der Waals surface area contributed by atoms with Crippen molar-refractivity contribution in [3.8, 4) is 34.1 Å². The van der Waals surface area contributed by atoms with Gasteiger partial charge in [-0.3, -0.25) is 0 Å². The summed E-state index contributed by atoms with van der Waals surface area (Å²) in [5.41, 5.74) is 3.47. The smallest absolute Gasteiger partial charge is 0.434 e. The Kier molecular flexibility index (Phi) is 6.41. The number of imidazole rings is 1. The number of hydrogen-bond donors (Lipinski definition) is 1. The molecule has 0 saturated carbocycles. The lowest BCUT2D eigenvalue weighted by Crippen LogP contribution is -2.05. The van der Waals surface area contributed by atoms with Crippen LogP contribution < -0.4 is 9.47 Å². The van der Waals surface area contributed by atoms with Crippen molar-refractivity contribution in [2.24, 2.45) is 0 Å². The summed E-state index contributed by atoms with van der Waals surface area (Å²) in [5.74, 6) is 1.71. The van der Waals surface area contributed by atoms with Gasteiger partial charge in [0.1, 0.15) is 17.3 Å². The summed E-state index contributed by atoms with van der Waals surface area (Å²) >= 11 is 0. The molecule has 0 aliphatic rings. The average molecular weight is 470 g/mol. The summed E-state index contributed by atoms with van der Waals surface area (Å²) in [7, 11) is 3.23. The van der Waals surface area contributed by atoms with Gasteiger partial charge < -0.3 is 19.0 Å².